The molecular formula is C19H24O4. The Morgan fingerprint density at radius 3 is 2.52 bits per heavy atom. The van der Waals surface area contributed by atoms with Gasteiger partial charge in [0, 0.05) is 19.2 Å². The van der Waals surface area contributed by atoms with E-state index in [2.05, 4.69) is 4.74 Å². The number of carbonyl (C=O) groups excluding carboxylic acids is 1. The van der Waals surface area contributed by atoms with Crippen LogP contribution in [0.2, 0.25) is 0 Å². The van der Waals surface area contributed by atoms with Crippen LogP contribution in [0.1, 0.15) is 42.1 Å². The van der Waals surface area contributed by atoms with Crippen molar-refractivity contribution in [1.29, 1.82) is 0 Å². The summed E-state index contributed by atoms with van der Waals surface area (Å²) >= 11 is 0. The highest BCUT2D eigenvalue weighted by molar-refractivity contribution is 5.86. The van der Waals surface area contributed by atoms with Crippen LogP contribution in [0.15, 0.2) is 36.4 Å². The first-order chi connectivity index (χ1) is 14.1. The van der Waals surface area contributed by atoms with Gasteiger partial charge in [-0.05, 0) is 48.1 Å². The topological polar surface area (TPSA) is 44.8 Å². The fourth-order valence-electron chi connectivity index (χ4n) is 2.04. The maximum Gasteiger partial charge on any atom is 0.313 e. The number of benzene rings is 2. The number of rotatable bonds is 8. The molecule has 1 atom stereocenters. The molecule has 4 heteroatoms. The molecule has 0 bridgehead atoms. The highest BCUT2D eigenvalue weighted by Crippen LogP contribution is 2.25. The molecule has 0 aliphatic carbocycles. The first-order valence-electron chi connectivity index (χ1n) is 11.0. The summed E-state index contributed by atoms with van der Waals surface area (Å²) in [5.41, 5.74) is 0.481. The highest BCUT2D eigenvalue weighted by Gasteiger charge is 2.17. The van der Waals surface area contributed by atoms with Crippen molar-refractivity contribution in [3.63, 3.8) is 0 Å². The third kappa shape index (κ3) is 4.70. The molecule has 0 spiro atoms. The second-order valence-corrected chi connectivity index (χ2v) is 4.77. The largest absolute Gasteiger partial charge is 0.497 e. The van der Waals surface area contributed by atoms with E-state index in [1.165, 1.54) is 6.92 Å². The minimum Gasteiger partial charge on any atom is -0.497 e. The van der Waals surface area contributed by atoms with E-state index in [0.29, 0.717) is 11.3 Å². The van der Waals surface area contributed by atoms with Gasteiger partial charge in [-0.25, -0.2) is 0 Å². The van der Waals surface area contributed by atoms with Crippen LogP contribution >= 0.6 is 0 Å². The molecule has 0 aromatic heterocycles. The second-order valence-electron chi connectivity index (χ2n) is 4.77. The zero-order valence-corrected chi connectivity index (χ0v) is 13.2. The Balaban J connectivity index is 2.29. The van der Waals surface area contributed by atoms with Crippen molar-refractivity contribution in [2.75, 3.05) is 27.3 Å². The van der Waals surface area contributed by atoms with Crippen LogP contribution in [0.4, 0.5) is 0 Å². The fraction of sp³-hybridized carbons (Fsp3) is 0.421. The van der Waals surface area contributed by atoms with E-state index in [1.54, 1.807) is 43.5 Å². The van der Waals surface area contributed by atoms with Gasteiger partial charge in [-0.1, -0.05) is 24.3 Å². The van der Waals surface area contributed by atoms with Crippen LogP contribution in [0, 0.1) is 0 Å². The molecule has 2 aromatic carbocycles. The van der Waals surface area contributed by atoms with Crippen LogP contribution in [-0.2, 0) is 14.3 Å². The van der Waals surface area contributed by atoms with Crippen molar-refractivity contribution in [2.24, 2.45) is 0 Å². The lowest BCUT2D eigenvalue weighted by Gasteiger charge is -2.13. The molecule has 0 unspecified atom stereocenters. The Morgan fingerprint density at radius 1 is 1.09 bits per heavy atom. The van der Waals surface area contributed by atoms with Crippen LogP contribution in [0.25, 0.3) is 10.8 Å². The van der Waals surface area contributed by atoms with Gasteiger partial charge in [0.2, 0.25) is 0 Å². The lowest BCUT2D eigenvalue weighted by molar-refractivity contribution is -0.145. The first-order valence-corrected chi connectivity index (χ1v) is 6.97. The molecular weight excluding hydrogens is 292 g/mol. The van der Waals surface area contributed by atoms with E-state index in [-0.39, 0.29) is 0 Å². The lowest BCUT2D eigenvalue weighted by Crippen LogP contribution is -2.14. The maximum absolute atomic E-state index is 12.6. The van der Waals surface area contributed by atoms with Crippen LogP contribution < -0.4 is 4.74 Å². The Kier molecular flexibility index (Phi) is 3.44. The van der Waals surface area contributed by atoms with Crippen molar-refractivity contribution in [3.05, 3.63) is 42.0 Å². The van der Waals surface area contributed by atoms with Gasteiger partial charge in [0.15, 0.2) is 0 Å². The molecule has 23 heavy (non-hydrogen) atoms. The van der Waals surface area contributed by atoms with Gasteiger partial charge in [0.05, 0.1) is 25.1 Å². The minimum atomic E-state index is -3.57. The highest BCUT2D eigenvalue weighted by atomic mass is 16.5. The molecule has 0 heterocycles. The van der Waals surface area contributed by atoms with Crippen LogP contribution in [0.3, 0.4) is 0 Å². The van der Waals surface area contributed by atoms with Gasteiger partial charge in [0.1, 0.15) is 5.75 Å². The Labute approximate surface area is 148 Å². The van der Waals surface area contributed by atoms with Crippen molar-refractivity contribution in [1.82, 2.24) is 0 Å². The second kappa shape index (κ2) is 8.53. The molecule has 2 aromatic rings. The van der Waals surface area contributed by atoms with Gasteiger partial charge in [-0.3, -0.25) is 4.79 Å². The summed E-state index contributed by atoms with van der Waals surface area (Å²) in [5.74, 6) is -1.47. The molecule has 0 fully saturated rings. The average Bonchev–Trinajstić information content (AvgIpc) is 2.71. The summed E-state index contributed by atoms with van der Waals surface area (Å²) in [4.78, 5) is 12.6. The molecule has 4 nitrogen and oxygen atoms in total. The normalized spacial score (nSPS) is 19.8. The van der Waals surface area contributed by atoms with Crippen molar-refractivity contribution in [3.8, 4) is 5.75 Å². The maximum atomic E-state index is 12.6. The molecule has 0 aliphatic heterocycles. The predicted molar refractivity (Wildman–Crippen MR) is 91.0 cm³/mol. The zero-order chi connectivity index (χ0) is 23.8. The summed E-state index contributed by atoms with van der Waals surface area (Å²) in [7, 11) is 2.37. The van der Waals surface area contributed by atoms with Crippen LogP contribution in [-0.4, -0.2) is 33.3 Å². The van der Waals surface area contributed by atoms with Gasteiger partial charge < -0.3 is 14.2 Å². The summed E-state index contributed by atoms with van der Waals surface area (Å²) in [6.45, 7) is -5.22. The number of hydrogen-bond donors (Lipinski definition) is 0. The van der Waals surface area contributed by atoms with E-state index < -0.39 is 37.8 Å². The third-order valence-corrected chi connectivity index (χ3v) is 3.34. The SMILES string of the molecule is [2H]C([2H])(OC)C([2H])([2H])C([2H])([2H])C([2H])([2H])OC(=O)[C@@H](C)c1ccc2cc(OC)ccc2c1. The number of hydrogen-bond acceptors (Lipinski definition) is 4. The Hall–Kier alpha value is -2.07. The monoisotopic (exact) mass is 324 g/mol. The summed E-state index contributed by atoms with van der Waals surface area (Å²) in [6, 6.07) is 10.4. The smallest absolute Gasteiger partial charge is 0.313 e. The van der Waals surface area contributed by atoms with Crippen molar-refractivity contribution in [2.45, 2.75) is 25.6 Å². The molecule has 2 rings (SSSR count). The van der Waals surface area contributed by atoms with Gasteiger partial charge in [0.25, 0.3) is 0 Å². The number of methoxy groups -OCH3 is 2. The molecule has 0 amide bonds. The number of carbonyl (C=O) groups is 1. The standard InChI is InChI=1S/C19H24O4/c1-14(19(20)23-11-5-4-10-21-2)15-6-7-17-13-18(22-3)9-8-16(17)12-15/h6-9,12-14H,4-5,10-11H2,1-3H3/t14-/m0/s1/i4D2,5D2,10D2,11D2. The van der Waals surface area contributed by atoms with Gasteiger partial charge in [-0.15, -0.1) is 0 Å². The molecule has 0 N–H and O–H groups in total. The number of fused-ring (bicyclic) bond motifs is 1. The average molecular weight is 324 g/mol. The van der Waals surface area contributed by atoms with Crippen molar-refractivity contribution >= 4 is 16.7 Å². The summed E-state index contributed by atoms with van der Waals surface area (Å²) < 4.78 is 76.4. The predicted octanol–water partition coefficient (Wildman–Crippen LogP) is 3.92. The van der Waals surface area contributed by atoms with E-state index in [0.717, 1.165) is 17.9 Å². The molecule has 0 saturated heterocycles. The van der Waals surface area contributed by atoms with E-state index >= 15 is 0 Å². The lowest BCUT2D eigenvalue weighted by atomic mass is 9.98. The Bertz CT molecular complexity index is 961. The number of esters is 1. The molecule has 0 saturated carbocycles. The quantitative estimate of drug-likeness (QED) is 0.690. The zero-order valence-electron chi connectivity index (χ0n) is 21.2. The first kappa shape index (κ1) is 9.28. The van der Waals surface area contributed by atoms with Gasteiger partial charge >= 0.3 is 5.97 Å². The molecule has 0 radical (unpaired) electrons. The van der Waals surface area contributed by atoms with Crippen LogP contribution in [0.5, 0.6) is 5.75 Å². The van der Waals surface area contributed by atoms with E-state index in [9.17, 15) is 4.79 Å². The summed E-state index contributed by atoms with van der Waals surface area (Å²) in [5, 5.41) is 1.64. The van der Waals surface area contributed by atoms with E-state index in [1.807, 2.05) is 0 Å². The van der Waals surface area contributed by atoms with E-state index in [4.69, 9.17) is 20.4 Å². The van der Waals surface area contributed by atoms with Gasteiger partial charge in [-0.2, -0.15) is 0 Å². The molecule has 124 valence electrons. The third-order valence-electron chi connectivity index (χ3n) is 3.34. The number of ether oxygens (including phenoxy) is 3. The minimum absolute atomic E-state index is 0.481. The summed E-state index contributed by atoms with van der Waals surface area (Å²) in [6.07, 6.45) is -7.06. The Morgan fingerprint density at radius 2 is 1.78 bits per heavy atom. The fourth-order valence-corrected chi connectivity index (χ4v) is 2.04. The molecule has 0 aliphatic rings. The van der Waals surface area contributed by atoms with Crippen molar-refractivity contribution < 1.29 is 30.0 Å².